The second-order valence-corrected chi connectivity index (χ2v) is 3.15. The Morgan fingerprint density at radius 3 is 2.29 bits per heavy atom. The van der Waals surface area contributed by atoms with E-state index < -0.39 is 39.6 Å². The fourth-order valence-corrected chi connectivity index (χ4v) is 1.29. The zero-order valence-corrected chi connectivity index (χ0v) is 8.39. The van der Waals surface area contributed by atoms with E-state index in [4.69, 9.17) is 11.6 Å². The van der Waals surface area contributed by atoms with Gasteiger partial charge in [-0.3, -0.25) is 10.1 Å². The highest BCUT2D eigenvalue weighted by atomic mass is 35.5. The minimum absolute atomic E-state index is 0.0886. The first-order valence-electron chi connectivity index (χ1n) is 3.84. The van der Waals surface area contributed by atoms with Gasteiger partial charge in [-0.1, -0.05) is 11.6 Å². The third kappa shape index (κ3) is 2.78. The summed E-state index contributed by atoms with van der Waals surface area (Å²) in [5.41, 5.74) is -4.44. The van der Waals surface area contributed by atoms with Crippen LogP contribution < -0.4 is 0 Å². The van der Waals surface area contributed by atoms with E-state index in [-0.39, 0.29) is 6.07 Å². The summed E-state index contributed by atoms with van der Waals surface area (Å²) in [5.74, 6) is 0. The number of pyridine rings is 1. The SMILES string of the molecule is O=[N+]([O-])c1c(C(F)F)cc(C(F)(F)F)nc1Cl. The van der Waals surface area contributed by atoms with Gasteiger partial charge < -0.3 is 0 Å². The summed E-state index contributed by atoms with van der Waals surface area (Å²) in [6.07, 6.45) is -8.47. The van der Waals surface area contributed by atoms with Gasteiger partial charge in [-0.15, -0.1) is 0 Å². The van der Waals surface area contributed by atoms with E-state index in [1.165, 1.54) is 0 Å². The third-order valence-corrected chi connectivity index (χ3v) is 1.95. The molecule has 94 valence electrons. The van der Waals surface area contributed by atoms with Gasteiger partial charge in [0.15, 0.2) is 0 Å². The average molecular weight is 277 g/mol. The third-order valence-electron chi connectivity index (χ3n) is 1.69. The average Bonchev–Trinajstić information content (AvgIpc) is 2.13. The molecule has 0 saturated heterocycles. The first-order valence-corrected chi connectivity index (χ1v) is 4.22. The molecule has 0 radical (unpaired) electrons. The fraction of sp³-hybridized carbons (Fsp3) is 0.286. The van der Waals surface area contributed by atoms with Crippen molar-refractivity contribution in [3.63, 3.8) is 0 Å². The van der Waals surface area contributed by atoms with Crippen molar-refractivity contribution < 1.29 is 26.9 Å². The molecule has 0 aliphatic carbocycles. The van der Waals surface area contributed by atoms with Crippen LogP contribution in [0, 0.1) is 10.1 Å². The summed E-state index contributed by atoms with van der Waals surface area (Å²) in [7, 11) is 0. The van der Waals surface area contributed by atoms with Crippen molar-refractivity contribution in [3.05, 3.63) is 32.6 Å². The van der Waals surface area contributed by atoms with E-state index in [0.717, 1.165) is 0 Å². The van der Waals surface area contributed by atoms with Crippen molar-refractivity contribution in [3.8, 4) is 0 Å². The molecule has 0 aromatic carbocycles. The number of hydrogen-bond donors (Lipinski definition) is 0. The van der Waals surface area contributed by atoms with Crippen molar-refractivity contribution >= 4 is 17.3 Å². The number of aromatic nitrogens is 1. The molecule has 10 heteroatoms. The van der Waals surface area contributed by atoms with Gasteiger partial charge in [0.1, 0.15) is 11.3 Å². The van der Waals surface area contributed by atoms with Gasteiger partial charge in [-0.25, -0.2) is 13.8 Å². The Morgan fingerprint density at radius 2 is 1.94 bits per heavy atom. The number of halogens is 6. The topological polar surface area (TPSA) is 56.0 Å². The van der Waals surface area contributed by atoms with Crippen LogP contribution in [0.1, 0.15) is 17.7 Å². The van der Waals surface area contributed by atoms with Crippen molar-refractivity contribution in [2.45, 2.75) is 12.6 Å². The predicted molar refractivity (Wildman–Crippen MR) is 45.9 cm³/mol. The second-order valence-electron chi connectivity index (χ2n) is 2.79. The van der Waals surface area contributed by atoms with Gasteiger partial charge >= 0.3 is 11.9 Å². The fourth-order valence-electron chi connectivity index (χ4n) is 1.02. The number of alkyl halides is 5. The second kappa shape index (κ2) is 4.40. The van der Waals surface area contributed by atoms with E-state index in [9.17, 15) is 32.1 Å². The summed E-state index contributed by atoms with van der Waals surface area (Å²) in [6.45, 7) is 0. The van der Waals surface area contributed by atoms with Gasteiger partial charge in [-0.05, 0) is 6.07 Å². The van der Waals surface area contributed by atoms with Crippen molar-refractivity contribution in [2.75, 3.05) is 0 Å². The van der Waals surface area contributed by atoms with Gasteiger partial charge in [-0.2, -0.15) is 13.2 Å². The minimum Gasteiger partial charge on any atom is -0.258 e. The maximum atomic E-state index is 12.4. The van der Waals surface area contributed by atoms with E-state index in [2.05, 4.69) is 4.98 Å². The Morgan fingerprint density at radius 1 is 1.41 bits per heavy atom. The van der Waals surface area contributed by atoms with Crippen LogP contribution in [0.15, 0.2) is 6.07 Å². The van der Waals surface area contributed by atoms with E-state index in [1.807, 2.05) is 0 Å². The highest BCUT2D eigenvalue weighted by molar-refractivity contribution is 6.31. The van der Waals surface area contributed by atoms with Crippen LogP contribution in [0.3, 0.4) is 0 Å². The molecule has 0 amide bonds. The lowest BCUT2D eigenvalue weighted by Crippen LogP contribution is -2.11. The van der Waals surface area contributed by atoms with E-state index >= 15 is 0 Å². The molecule has 0 atom stereocenters. The van der Waals surface area contributed by atoms with E-state index in [1.54, 1.807) is 0 Å². The summed E-state index contributed by atoms with van der Waals surface area (Å²) >= 11 is 5.09. The molecule has 0 fully saturated rings. The number of nitrogens with zero attached hydrogens (tertiary/aromatic N) is 2. The minimum atomic E-state index is -5.01. The molecule has 0 spiro atoms. The van der Waals surface area contributed by atoms with Crippen LogP contribution in [0.2, 0.25) is 5.15 Å². The molecule has 1 heterocycles. The van der Waals surface area contributed by atoms with Gasteiger partial charge in [0.25, 0.3) is 6.43 Å². The molecule has 17 heavy (non-hydrogen) atoms. The van der Waals surface area contributed by atoms with Crippen LogP contribution in [0.5, 0.6) is 0 Å². The maximum Gasteiger partial charge on any atom is 0.433 e. The first-order chi connectivity index (χ1) is 7.64. The number of nitro groups is 1. The van der Waals surface area contributed by atoms with Crippen LogP contribution in [0.25, 0.3) is 0 Å². The van der Waals surface area contributed by atoms with Crippen molar-refractivity contribution in [1.82, 2.24) is 4.98 Å². The lowest BCUT2D eigenvalue weighted by atomic mass is 10.2. The number of hydrogen-bond acceptors (Lipinski definition) is 3. The Labute approximate surface area is 95.2 Å². The zero-order chi connectivity index (χ0) is 13.4. The molecule has 0 unspecified atom stereocenters. The Bertz CT molecular complexity index is 462. The zero-order valence-electron chi connectivity index (χ0n) is 7.63. The Balaban J connectivity index is 3.52. The molecule has 0 aliphatic heterocycles. The smallest absolute Gasteiger partial charge is 0.258 e. The molecule has 0 saturated carbocycles. The van der Waals surface area contributed by atoms with Crippen molar-refractivity contribution in [2.24, 2.45) is 0 Å². The van der Waals surface area contributed by atoms with Gasteiger partial charge in [0.2, 0.25) is 5.15 Å². The van der Waals surface area contributed by atoms with Crippen LogP contribution in [0.4, 0.5) is 27.6 Å². The van der Waals surface area contributed by atoms with E-state index in [0.29, 0.717) is 0 Å². The van der Waals surface area contributed by atoms with Crippen LogP contribution in [-0.4, -0.2) is 9.91 Å². The standard InChI is InChI=1S/C7H2ClF5N2O2/c8-5-4(15(16)17)2(6(9)10)1-3(14-5)7(11,12)13/h1,6H. The normalized spacial score (nSPS) is 11.9. The molecule has 4 nitrogen and oxygen atoms in total. The van der Waals surface area contributed by atoms with Gasteiger partial charge in [0.05, 0.1) is 4.92 Å². The van der Waals surface area contributed by atoms with Crippen LogP contribution >= 0.6 is 11.6 Å². The molecule has 0 N–H and O–H groups in total. The summed E-state index contributed by atoms with van der Waals surface area (Å²) in [5, 5.41) is 9.15. The molecule has 1 aromatic rings. The monoisotopic (exact) mass is 276 g/mol. The largest absolute Gasteiger partial charge is 0.433 e. The predicted octanol–water partition coefficient (Wildman–Crippen LogP) is 3.60. The summed E-state index contributed by atoms with van der Waals surface area (Å²) in [6, 6.07) is -0.0886. The Kier molecular flexibility index (Phi) is 3.51. The maximum absolute atomic E-state index is 12.4. The number of rotatable bonds is 2. The lowest BCUT2D eigenvalue weighted by Gasteiger charge is -2.09. The molecule has 0 bridgehead atoms. The van der Waals surface area contributed by atoms with Crippen LogP contribution in [-0.2, 0) is 6.18 Å². The molecule has 1 aromatic heterocycles. The first kappa shape index (κ1) is 13.6. The Hall–Kier alpha value is -1.51. The molecule has 0 aliphatic rings. The lowest BCUT2D eigenvalue weighted by molar-refractivity contribution is -0.386. The van der Waals surface area contributed by atoms with Crippen molar-refractivity contribution in [1.29, 1.82) is 0 Å². The molecular weight excluding hydrogens is 275 g/mol. The highest BCUT2D eigenvalue weighted by Gasteiger charge is 2.37. The molecular formula is C7H2ClF5N2O2. The molecule has 1 rings (SSSR count). The quantitative estimate of drug-likeness (QED) is 0.359. The highest BCUT2D eigenvalue weighted by Crippen LogP contribution is 2.38. The van der Waals surface area contributed by atoms with Gasteiger partial charge in [0, 0.05) is 0 Å². The summed E-state index contributed by atoms with van der Waals surface area (Å²) < 4.78 is 61.4. The summed E-state index contributed by atoms with van der Waals surface area (Å²) in [4.78, 5) is 11.7.